The molecule has 4 N–H and O–H groups in total. The minimum Gasteiger partial charge on any atom is -0.394 e. The normalized spacial score (nSPS) is 15.4. The van der Waals surface area contributed by atoms with Crippen LogP contribution in [0.25, 0.3) is 11.3 Å². The second-order valence-corrected chi connectivity index (χ2v) is 6.31. The molecule has 0 aliphatic carbocycles. The molecule has 1 heterocycles. The molecule has 0 saturated carbocycles. The van der Waals surface area contributed by atoms with E-state index in [9.17, 15) is 15.3 Å². The number of aliphatic hydroxyl groups is 4. The third-order valence-electron chi connectivity index (χ3n) is 3.23. The van der Waals surface area contributed by atoms with Gasteiger partial charge in [0, 0.05) is 23.0 Å². The van der Waals surface area contributed by atoms with Gasteiger partial charge in [-0.05, 0) is 12.1 Å². The Morgan fingerprint density at radius 2 is 1.96 bits per heavy atom. The quantitative estimate of drug-likeness (QED) is 0.426. The summed E-state index contributed by atoms with van der Waals surface area (Å²) in [4.78, 5) is 4.44. The minimum absolute atomic E-state index is 0.584. The van der Waals surface area contributed by atoms with Gasteiger partial charge in [-0.1, -0.05) is 23.7 Å². The van der Waals surface area contributed by atoms with Crippen LogP contribution in [0.2, 0.25) is 5.02 Å². The van der Waals surface area contributed by atoms with Gasteiger partial charge in [-0.3, -0.25) is 0 Å². The Morgan fingerprint density at radius 3 is 2.58 bits per heavy atom. The maximum absolute atomic E-state index is 9.70. The van der Waals surface area contributed by atoms with Gasteiger partial charge in [0.05, 0.1) is 18.5 Å². The summed E-state index contributed by atoms with van der Waals surface area (Å²) in [5.74, 6) is 0. The fourth-order valence-corrected chi connectivity index (χ4v) is 2.69. The van der Waals surface area contributed by atoms with Gasteiger partial charge in [0.1, 0.15) is 18.3 Å². The van der Waals surface area contributed by atoms with E-state index in [0.717, 1.165) is 17.5 Å². The van der Waals surface area contributed by atoms with Crippen molar-refractivity contribution in [3.05, 3.63) is 34.7 Å². The number of hydrogen-bond donors (Lipinski definition) is 4. The molecule has 1 aromatic heterocycles. The molecule has 0 spiro atoms. The second-order valence-electron chi connectivity index (χ2n) is 5.04. The Kier molecular flexibility index (Phi) is 6.67. The number of aromatic nitrogens is 1. The lowest BCUT2D eigenvalue weighted by molar-refractivity contribution is -0.0541. The van der Waals surface area contributed by atoms with Crippen molar-refractivity contribution >= 4 is 34.3 Å². The molecule has 0 amide bonds. The van der Waals surface area contributed by atoms with Crippen LogP contribution in [0.15, 0.2) is 34.7 Å². The molecule has 2 rings (SSSR count). The van der Waals surface area contributed by atoms with Crippen LogP contribution in [0.3, 0.4) is 0 Å². The van der Waals surface area contributed by atoms with E-state index in [4.69, 9.17) is 16.7 Å². The van der Waals surface area contributed by atoms with Crippen molar-refractivity contribution in [2.75, 3.05) is 18.7 Å². The Hall–Kier alpha value is -1.55. The summed E-state index contributed by atoms with van der Waals surface area (Å²) < 4.78 is 0. The van der Waals surface area contributed by atoms with Gasteiger partial charge >= 0.3 is 0 Å². The number of nitrogens with zero attached hydrogens (tertiary/aromatic N) is 3. The summed E-state index contributed by atoms with van der Waals surface area (Å²) in [5, 5.41) is 45.8. The molecule has 0 bridgehead atoms. The molecule has 0 unspecified atom stereocenters. The first-order chi connectivity index (χ1) is 11.4. The van der Waals surface area contributed by atoms with Crippen LogP contribution in [0, 0.1) is 0 Å². The van der Waals surface area contributed by atoms with Crippen molar-refractivity contribution in [2.24, 2.45) is 5.10 Å². The monoisotopic (exact) mass is 371 g/mol. The van der Waals surface area contributed by atoms with Crippen LogP contribution in [-0.4, -0.2) is 63.6 Å². The Labute approximate surface area is 148 Å². The van der Waals surface area contributed by atoms with Crippen molar-refractivity contribution in [3.63, 3.8) is 0 Å². The van der Waals surface area contributed by atoms with Gasteiger partial charge in [0.2, 0.25) is 5.13 Å². The van der Waals surface area contributed by atoms with E-state index in [1.54, 1.807) is 19.2 Å². The molecular weight excluding hydrogens is 354 g/mol. The zero-order chi connectivity index (χ0) is 17.7. The molecular formula is C15H18ClN3O4S. The average molecular weight is 372 g/mol. The van der Waals surface area contributed by atoms with Crippen molar-refractivity contribution < 1.29 is 20.4 Å². The number of anilines is 1. The van der Waals surface area contributed by atoms with Gasteiger partial charge in [-0.15, -0.1) is 11.3 Å². The molecule has 0 aliphatic rings. The predicted octanol–water partition coefficient (Wildman–Crippen LogP) is 0.960. The molecule has 3 atom stereocenters. The highest BCUT2D eigenvalue weighted by molar-refractivity contribution is 7.14. The highest BCUT2D eigenvalue weighted by atomic mass is 35.5. The van der Waals surface area contributed by atoms with Crippen LogP contribution < -0.4 is 5.01 Å². The molecule has 130 valence electrons. The summed E-state index contributed by atoms with van der Waals surface area (Å²) in [6, 6.07) is 7.28. The number of halogens is 1. The lowest BCUT2D eigenvalue weighted by Crippen LogP contribution is -2.40. The number of benzene rings is 1. The molecule has 1 aromatic carbocycles. The lowest BCUT2D eigenvalue weighted by atomic mass is 10.1. The number of hydrazone groups is 1. The van der Waals surface area contributed by atoms with Crippen LogP contribution in [0.5, 0.6) is 0 Å². The second kappa shape index (κ2) is 8.52. The lowest BCUT2D eigenvalue weighted by Gasteiger charge is -2.18. The van der Waals surface area contributed by atoms with E-state index in [-0.39, 0.29) is 0 Å². The molecule has 7 nitrogen and oxygen atoms in total. The van der Waals surface area contributed by atoms with Gasteiger partial charge in [0.25, 0.3) is 0 Å². The molecule has 2 aromatic rings. The number of thiazole rings is 1. The Morgan fingerprint density at radius 1 is 1.29 bits per heavy atom. The topological polar surface area (TPSA) is 109 Å². The number of aliphatic hydroxyl groups excluding tert-OH is 4. The first-order valence-corrected chi connectivity index (χ1v) is 8.32. The molecule has 0 aliphatic heterocycles. The molecule has 0 fully saturated rings. The van der Waals surface area contributed by atoms with Crippen molar-refractivity contribution in [2.45, 2.75) is 18.3 Å². The standard InChI is InChI=1S/C15H18ClN3O4S/c1-19(17-6-12(21)14(23)13(22)7-20)15-18-11(8-24-15)9-2-4-10(16)5-3-9/h2-6,8,12-14,20-23H,7H2,1H3/b17-6+/t12-,13-,14+/m0/s1. The van der Waals surface area contributed by atoms with Gasteiger partial charge < -0.3 is 20.4 Å². The summed E-state index contributed by atoms with van der Waals surface area (Å²) in [6.45, 7) is -0.654. The molecule has 0 saturated heterocycles. The van der Waals surface area contributed by atoms with Crippen LogP contribution in [0.1, 0.15) is 0 Å². The maximum atomic E-state index is 9.70. The van der Waals surface area contributed by atoms with E-state index in [1.165, 1.54) is 16.3 Å². The van der Waals surface area contributed by atoms with E-state index in [1.807, 2.05) is 17.5 Å². The van der Waals surface area contributed by atoms with E-state index < -0.39 is 24.9 Å². The van der Waals surface area contributed by atoms with Crippen LogP contribution in [-0.2, 0) is 0 Å². The van der Waals surface area contributed by atoms with Gasteiger partial charge in [-0.2, -0.15) is 5.10 Å². The Balaban J connectivity index is 2.04. The van der Waals surface area contributed by atoms with Crippen LogP contribution >= 0.6 is 22.9 Å². The fraction of sp³-hybridized carbons (Fsp3) is 0.333. The summed E-state index contributed by atoms with van der Waals surface area (Å²) in [7, 11) is 1.64. The third-order valence-corrected chi connectivity index (χ3v) is 4.39. The molecule has 0 radical (unpaired) electrons. The SMILES string of the molecule is CN(/N=C/[C@H](O)[C@@H](O)[C@@H](O)CO)c1nc(-c2ccc(Cl)cc2)cs1. The van der Waals surface area contributed by atoms with Crippen molar-refractivity contribution in [1.29, 1.82) is 0 Å². The zero-order valence-corrected chi connectivity index (χ0v) is 14.4. The predicted molar refractivity (Wildman–Crippen MR) is 94.6 cm³/mol. The largest absolute Gasteiger partial charge is 0.394 e. The van der Waals surface area contributed by atoms with E-state index >= 15 is 0 Å². The summed E-state index contributed by atoms with van der Waals surface area (Å²) >= 11 is 7.22. The molecule has 9 heteroatoms. The van der Waals surface area contributed by atoms with Crippen LogP contribution in [0.4, 0.5) is 5.13 Å². The first kappa shape index (κ1) is 18.8. The zero-order valence-electron chi connectivity index (χ0n) is 12.8. The van der Waals surface area contributed by atoms with Gasteiger partial charge in [0.15, 0.2) is 0 Å². The van der Waals surface area contributed by atoms with Gasteiger partial charge in [-0.25, -0.2) is 9.99 Å². The summed E-state index contributed by atoms with van der Waals surface area (Å²) in [5.41, 5.74) is 1.69. The maximum Gasteiger partial charge on any atom is 0.206 e. The van der Waals surface area contributed by atoms with E-state index in [2.05, 4.69) is 10.1 Å². The average Bonchev–Trinajstić information content (AvgIpc) is 3.08. The number of rotatable bonds is 7. The first-order valence-electron chi connectivity index (χ1n) is 7.06. The highest BCUT2D eigenvalue weighted by Crippen LogP contribution is 2.27. The Bertz CT molecular complexity index is 680. The number of hydrogen-bond acceptors (Lipinski definition) is 8. The third kappa shape index (κ3) is 4.73. The minimum atomic E-state index is -1.52. The molecule has 24 heavy (non-hydrogen) atoms. The highest BCUT2D eigenvalue weighted by Gasteiger charge is 2.22. The van der Waals surface area contributed by atoms with Crippen molar-refractivity contribution in [1.82, 2.24) is 4.98 Å². The fourth-order valence-electron chi connectivity index (χ4n) is 1.81. The van der Waals surface area contributed by atoms with E-state index in [0.29, 0.717) is 10.2 Å². The smallest absolute Gasteiger partial charge is 0.206 e. The van der Waals surface area contributed by atoms with Crippen molar-refractivity contribution in [3.8, 4) is 11.3 Å². The summed E-state index contributed by atoms with van der Waals surface area (Å²) in [6.07, 6.45) is -3.29.